The summed E-state index contributed by atoms with van der Waals surface area (Å²) < 4.78 is 1.32. The van der Waals surface area contributed by atoms with Crippen molar-refractivity contribution < 1.29 is 4.79 Å². The molecule has 0 bridgehead atoms. The first-order valence-corrected chi connectivity index (χ1v) is 11.7. The normalized spacial score (nSPS) is 10.9. The lowest BCUT2D eigenvalue weighted by molar-refractivity contribution is 0.0986. The number of benzene rings is 1. The van der Waals surface area contributed by atoms with Crippen LogP contribution >= 0.6 is 23.4 Å². The molecule has 0 fully saturated rings. The molecule has 2 rings (SSSR count). The largest absolute Gasteiger partial charge is 0.383 e. The summed E-state index contributed by atoms with van der Waals surface area (Å²) in [4.78, 5) is 43.0. The van der Waals surface area contributed by atoms with Gasteiger partial charge in [-0.05, 0) is 37.3 Å². The fraction of sp³-hybridized carbons (Fsp3) is 0.476. The summed E-state index contributed by atoms with van der Waals surface area (Å²) in [6, 6.07) is 5.21. The lowest BCUT2D eigenvalue weighted by Crippen LogP contribution is -2.41. The van der Waals surface area contributed by atoms with Crippen LogP contribution in [-0.2, 0) is 6.54 Å². The summed E-state index contributed by atoms with van der Waals surface area (Å²) in [6.45, 7) is 4.71. The Morgan fingerprint density at radius 1 is 1.20 bits per heavy atom. The lowest BCUT2D eigenvalue weighted by Gasteiger charge is -2.25. The van der Waals surface area contributed by atoms with Crippen LogP contribution in [0.15, 0.2) is 32.7 Å². The first-order valence-electron chi connectivity index (χ1n) is 10.1. The Kier molecular flexibility index (Phi) is 9.05. The predicted octanol–water partition coefficient (Wildman–Crippen LogP) is 4.13. The molecule has 1 amide bonds. The molecule has 1 aromatic carbocycles. The lowest BCUT2D eigenvalue weighted by atomic mass is 10.1. The third-order valence-electron chi connectivity index (χ3n) is 4.85. The average Bonchev–Trinajstić information content (AvgIpc) is 2.72. The third-order valence-corrected chi connectivity index (χ3v) is 5.91. The van der Waals surface area contributed by atoms with Gasteiger partial charge in [-0.25, -0.2) is 4.79 Å². The Morgan fingerprint density at radius 2 is 1.90 bits per heavy atom. The zero-order valence-corrected chi connectivity index (χ0v) is 19.2. The number of anilines is 2. The van der Waals surface area contributed by atoms with Crippen LogP contribution in [0.3, 0.4) is 0 Å². The van der Waals surface area contributed by atoms with E-state index in [1.165, 1.54) is 21.2 Å². The summed E-state index contributed by atoms with van der Waals surface area (Å²) in [5.41, 5.74) is 5.30. The molecule has 0 aliphatic carbocycles. The predicted molar refractivity (Wildman–Crippen MR) is 125 cm³/mol. The number of carbonyl (C=O) groups excluding carboxylic acids is 1. The highest BCUT2D eigenvalue weighted by Gasteiger charge is 2.26. The van der Waals surface area contributed by atoms with E-state index in [0.717, 1.165) is 30.6 Å². The molecule has 1 heterocycles. The minimum Gasteiger partial charge on any atom is -0.383 e. The van der Waals surface area contributed by atoms with Crippen molar-refractivity contribution in [3.8, 4) is 0 Å². The smallest absolute Gasteiger partial charge is 0.330 e. The standard InChI is InChI=1S/C21H29ClN4O3S/c1-4-6-8-12-25(20(28)15-13-14(30-3)9-10-16(15)22)17-18(23)26(11-7-5-2)21(29)24-19(17)27/h9-10,13H,4-8,11-12,23H2,1-3H3,(H,24,27,29). The quantitative estimate of drug-likeness (QED) is 0.417. The fourth-order valence-corrected chi connectivity index (χ4v) is 3.79. The summed E-state index contributed by atoms with van der Waals surface area (Å²) in [5, 5.41) is 0.299. The molecule has 0 spiro atoms. The highest BCUT2D eigenvalue weighted by atomic mass is 35.5. The van der Waals surface area contributed by atoms with Gasteiger partial charge in [0.15, 0.2) is 5.69 Å². The molecule has 1 aromatic heterocycles. The van der Waals surface area contributed by atoms with Gasteiger partial charge in [0.1, 0.15) is 5.82 Å². The van der Waals surface area contributed by atoms with E-state index in [9.17, 15) is 14.4 Å². The topological polar surface area (TPSA) is 101 Å². The molecule has 164 valence electrons. The summed E-state index contributed by atoms with van der Waals surface area (Å²) in [5.74, 6) is -0.413. The molecular weight excluding hydrogens is 424 g/mol. The van der Waals surface area contributed by atoms with Crippen molar-refractivity contribution in [1.82, 2.24) is 9.55 Å². The van der Waals surface area contributed by atoms with Crippen LogP contribution in [0.4, 0.5) is 11.5 Å². The first kappa shape index (κ1) is 24.1. The minimum absolute atomic E-state index is 0.000748. The molecule has 0 radical (unpaired) electrons. The second kappa shape index (κ2) is 11.3. The average molecular weight is 453 g/mol. The zero-order chi connectivity index (χ0) is 22.3. The van der Waals surface area contributed by atoms with Crippen LogP contribution in [0.25, 0.3) is 0 Å². The summed E-state index contributed by atoms with van der Waals surface area (Å²) in [6.07, 6.45) is 6.01. The second-order valence-electron chi connectivity index (χ2n) is 7.01. The number of carbonyl (C=O) groups is 1. The molecule has 9 heteroatoms. The van der Waals surface area contributed by atoms with E-state index in [1.54, 1.807) is 12.1 Å². The maximum Gasteiger partial charge on any atom is 0.330 e. The van der Waals surface area contributed by atoms with E-state index < -0.39 is 17.2 Å². The van der Waals surface area contributed by atoms with Gasteiger partial charge in [-0.2, -0.15) is 0 Å². The van der Waals surface area contributed by atoms with Crippen molar-refractivity contribution in [2.45, 2.75) is 57.4 Å². The van der Waals surface area contributed by atoms with Gasteiger partial charge in [0.2, 0.25) is 0 Å². The number of nitrogens with one attached hydrogen (secondary N) is 1. The number of hydrogen-bond acceptors (Lipinski definition) is 5. The van der Waals surface area contributed by atoms with Crippen molar-refractivity contribution in [2.24, 2.45) is 0 Å². The molecule has 2 aromatic rings. The third kappa shape index (κ3) is 5.49. The van der Waals surface area contributed by atoms with Crippen molar-refractivity contribution in [3.63, 3.8) is 0 Å². The van der Waals surface area contributed by atoms with E-state index in [2.05, 4.69) is 11.9 Å². The molecular formula is C21H29ClN4O3S. The van der Waals surface area contributed by atoms with Crippen molar-refractivity contribution in [3.05, 3.63) is 49.6 Å². The van der Waals surface area contributed by atoms with Gasteiger partial charge in [0.25, 0.3) is 11.5 Å². The first-order chi connectivity index (χ1) is 14.3. The van der Waals surface area contributed by atoms with Crippen LogP contribution in [0, 0.1) is 0 Å². The Morgan fingerprint density at radius 3 is 2.53 bits per heavy atom. The van der Waals surface area contributed by atoms with Crippen LogP contribution in [0.2, 0.25) is 5.02 Å². The maximum absolute atomic E-state index is 13.5. The van der Waals surface area contributed by atoms with E-state index in [0.29, 0.717) is 30.1 Å². The van der Waals surface area contributed by atoms with E-state index in [1.807, 2.05) is 19.2 Å². The number of nitrogen functional groups attached to an aromatic ring is 1. The summed E-state index contributed by atoms with van der Waals surface area (Å²) in [7, 11) is 0. The van der Waals surface area contributed by atoms with Crippen LogP contribution in [0.5, 0.6) is 0 Å². The van der Waals surface area contributed by atoms with Gasteiger partial charge >= 0.3 is 5.69 Å². The van der Waals surface area contributed by atoms with Crippen LogP contribution in [-0.4, -0.2) is 28.3 Å². The molecule has 30 heavy (non-hydrogen) atoms. The summed E-state index contributed by atoms with van der Waals surface area (Å²) >= 11 is 7.81. The van der Waals surface area contributed by atoms with Crippen LogP contribution < -0.4 is 21.9 Å². The number of halogens is 1. The zero-order valence-electron chi connectivity index (χ0n) is 17.7. The SMILES string of the molecule is CCCCCN(C(=O)c1cc(SC)ccc1Cl)c1c(N)n(CCCC)c(=O)[nH]c1=O. The number of rotatable bonds is 10. The Labute approximate surface area is 185 Å². The second-order valence-corrected chi connectivity index (χ2v) is 8.29. The number of nitrogens with zero attached hydrogens (tertiary/aromatic N) is 2. The number of amides is 1. The molecule has 0 aliphatic heterocycles. The number of H-pyrrole nitrogens is 1. The van der Waals surface area contributed by atoms with Crippen molar-refractivity contribution in [2.75, 3.05) is 23.4 Å². The van der Waals surface area contributed by atoms with Crippen LogP contribution in [0.1, 0.15) is 56.3 Å². The highest BCUT2D eigenvalue weighted by molar-refractivity contribution is 7.98. The van der Waals surface area contributed by atoms with E-state index >= 15 is 0 Å². The maximum atomic E-state index is 13.5. The highest BCUT2D eigenvalue weighted by Crippen LogP contribution is 2.27. The van der Waals surface area contributed by atoms with Gasteiger partial charge in [-0.3, -0.25) is 19.1 Å². The molecule has 0 saturated carbocycles. The van der Waals surface area contributed by atoms with Gasteiger partial charge in [-0.15, -0.1) is 11.8 Å². The number of nitrogens with two attached hydrogens (primary N) is 1. The van der Waals surface area contributed by atoms with Crippen molar-refractivity contribution in [1.29, 1.82) is 0 Å². The minimum atomic E-state index is -0.674. The monoisotopic (exact) mass is 452 g/mol. The molecule has 0 unspecified atom stereocenters. The molecule has 3 N–H and O–H groups in total. The molecule has 0 aliphatic rings. The van der Waals surface area contributed by atoms with Gasteiger partial charge in [0, 0.05) is 18.0 Å². The Hall–Kier alpha value is -2.19. The molecule has 0 saturated heterocycles. The van der Waals surface area contributed by atoms with E-state index in [-0.39, 0.29) is 11.5 Å². The number of hydrogen-bond donors (Lipinski definition) is 2. The van der Waals surface area contributed by atoms with Gasteiger partial charge in [0.05, 0.1) is 10.6 Å². The Bertz CT molecular complexity index is 1000. The fourth-order valence-electron chi connectivity index (χ4n) is 3.15. The number of aromatic amines is 1. The number of aromatic nitrogens is 2. The molecule has 7 nitrogen and oxygen atoms in total. The number of unbranched alkanes of at least 4 members (excludes halogenated alkanes) is 3. The molecule has 0 atom stereocenters. The van der Waals surface area contributed by atoms with Gasteiger partial charge in [-0.1, -0.05) is 44.7 Å². The Balaban J connectivity index is 2.61. The number of thioether (sulfide) groups is 1. The van der Waals surface area contributed by atoms with Crippen molar-refractivity contribution >= 4 is 40.8 Å². The van der Waals surface area contributed by atoms with E-state index in [4.69, 9.17) is 17.3 Å². The van der Waals surface area contributed by atoms with Gasteiger partial charge < -0.3 is 10.6 Å².